The molecule has 0 aliphatic carbocycles. The lowest BCUT2D eigenvalue weighted by Gasteiger charge is -1.99. The van der Waals surface area contributed by atoms with E-state index in [4.69, 9.17) is 0 Å². The molecular weight excluding hydrogens is 192 g/mol. The Morgan fingerprint density at radius 3 is 2.21 bits per heavy atom. The van der Waals surface area contributed by atoms with Crippen LogP contribution in [-0.2, 0) is 0 Å². The zero-order chi connectivity index (χ0) is 9.80. The lowest BCUT2D eigenvalue weighted by atomic mass is 10.2. The monoisotopic (exact) mass is 202 g/mol. The Morgan fingerprint density at radius 1 is 1.00 bits per heavy atom. The summed E-state index contributed by atoms with van der Waals surface area (Å²) < 4.78 is 0. The van der Waals surface area contributed by atoms with Crippen LogP contribution in [0.1, 0.15) is 0 Å². The number of nitrogens with zero attached hydrogens (tertiary/aromatic N) is 2. The Hall–Kier alpha value is -1.35. The molecule has 70 valence electrons. The Bertz CT molecular complexity index is 397. The Morgan fingerprint density at radius 2 is 1.64 bits per heavy atom. The first-order valence-electron chi connectivity index (χ1n) is 4.31. The van der Waals surface area contributed by atoms with Crippen molar-refractivity contribution in [3.8, 4) is 11.4 Å². The second-order valence-electron chi connectivity index (χ2n) is 2.80. The van der Waals surface area contributed by atoms with E-state index in [0.717, 1.165) is 11.4 Å². The molecule has 0 bridgehead atoms. The van der Waals surface area contributed by atoms with Crippen LogP contribution >= 0.6 is 11.8 Å². The molecule has 1 heterocycles. The Labute approximate surface area is 87.4 Å². The van der Waals surface area contributed by atoms with Crippen molar-refractivity contribution in [2.24, 2.45) is 0 Å². The van der Waals surface area contributed by atoms with Gasteiger partial charge in [-0.3, -0.25) is 0 Å². The van der Waals surface area contributed by atoms with E-state index in [0.29, 0.717) is 0 Å². The first-order valence-corrected chi connectivity index (χ1v) is 5.54. The molecule has 3 heteroatoms. The molecule has 14 heavy (non-hydrogen) atoms. The molecule has 0 aliphatic heterocycles. The largest absolute Gasteiger partial charge is 0.237 e. The summed E-state index contributed by atoms with van der Waals surface area (Å²) in [5, 5.41) is 0. The fourth-order valence-electron chi connectivity index (χ4n) is 1.19. The third-order valence-electron chi connectivity index (χ3n) is 1.91. The maximum Gasteiger partial charge on any atom is 0.159 e. The average Bonchev–Trinajstić information content (AvgIpc) is 2.30. The summed E-state index contributed by atoms with van der Waals surface area (Å²) in [6, 6.07) is 10.1. The van der Waals surface area contributed by atoms with Gasteiger partial charge in [0.05, 0.1) is 0 Å². The quantitative estimate of drug-likeness (QED) is 0.700. The second-order valence-corrected chi connectivity index (χ2v) is 3.68. The molecule has 2 nitrogen and oxygen atoms in total. The third-order valence-corrected chi connectivity index (χ3v) is 2.66. The summed E-state index contributed by atoms with van der Waals surface area (Å²) in [5.74, 6) is 0.778. The topological polar surface area (TPSA) is 25.8 Å². The standard InChI is InChI=1S/C11H10N2S/c1-14-10-5-3-9(4-6-10)11-12-7-2-8-13-11/h2-8H,1H3. The minimum absolute atomic E-state index is 0.778. The number of benzene rings is 1. The summed E-state index contributed by atoms with van der Waals surface area (Å²) in [6.07, 6.45) is 5.57. The number of hydrogen-bond donors (Lipinski definition) is 0. The van der Waals surface area contributed by atoms with Crippen molar-refractivity contribution in [1.29, 1.82) is 0 Å². The lowest BCUT2D eigenvalue weighted by molar-refractivity contribution is 1.17. The van der Waals surface area contributed by atoms with Gasteiger partial charge in [0.25, 0.3) is 0 Å². The van der Waals surface area contributed by atoms with E-state index in [-0.39, 0.29) is 0 Å². The molecular formula is C11H10N2S. The van der Waals surface area contributed by atoms with Crippen LogP contribution in [0.25, 0.3) is 11.4 Å². The number of hydrogen-bond acceptors (Lipinski definition) is 3. The normalized spacial score (nSPS) is 10.1. The van der Waals surface area contributed by atoms with Crippen LogP contribution in [0.2, 0.25) is 0 Å². The molecule has 0 unspecified atom stereocenters. The van der Waals surface area contributed by atoms with Crippen molar-refractivity contribution in [2.75, 3.05) is 6.26 Å². The average molecular weight is 202 g/mol. The number of thioether (sulfide) groups is 1. The van der Waals surface area contributed by atoms with Gasteiger partial charge in [0, 0.05) is 22.9 Å². The molecule has 0 saturated heterocycles. The van der Waals surface area contributed by atoms with Gasteiger partial charge >= 0.3 is 0 Å². The van der Waals surface area contributed by atoms with E-state index in [1.165, 1.54) is 4.90 Å². The fourth-order valence-corrected chi connectivity index (χ4v) is 1.60. The van der Waals surface area contributed by atoms with Gasteiger partial charge in [-0.05, 0) is 24.5 Å². The van der Waals surface area contributed by atoms with Crippen molar-refractivity contribution < 1.29 is 0 Å². The van der Waals surface area contributed by atoms with Gasteiger partial charge in [-0.25, -0.2) is 9.97 Å². The smallest absolute Gasteiger partial charge is 0.159 e. The van der Waals surface area contributed by atoms with Gasteiger partial charge in [-0.1, -0.05) is 12.1 Å². The molecule has 2 rings (SSSR count). The van der Waals surface area contributed by atoms with E-state index >= 15 is 0 Å². The van der Waals surface area contributed by atoms with Gasteiger partial charge in [0.2, 0.25) is 0 Å². The summed E-state index contributed by atoms with van der Waals surface area (Å²) in [4.78, 5) is 9.63. The molecule has 1 aromatic heterocycles. The summed E-state index contributed by atoms with van der Waals surface area (Å²) >= 11 is 1.73. The minimum atomic E-state index is 0.778. The third kappa shape index (κ3) is 1.93. The van der Waals surface area contributed by atoms with E-state index in [1.807, 2.05) is 18.2 Å². The Kier molecular flexibility index (Phi) is 2.79. The highest BCUT2D eigenvalue weighted by atomic mass is 32.2. The van der Waals surface area contributed by atoms with Crippen LogP contribution in [0.5, 0.6) is 0 Å². The van der Waals surface area contributed by atoms with Gasteiger partial charge in [0.1, 0.15) is 0 Å². The van der Waals surface area contributed by atoms with Crippen LogP contribution in [0, 0.1) is 0 Å². The van der Waals surface area contributed by atoms with Crippen LogP contribution in [0.4, 0.5) is 0 Å². The van der Waals surface area contributed by atoms with Crippen LogP contribution < -0.4 is 0 Å². The number of rotatable bonds is 2. The van der Waals surface area contributed by atoms with Crippen molar-refractivity contribution in [2.45, 2.75) is 4.90 Å². The molecule has 0 N–H and O–H groups in total. The van der Waals surface area contributed by atoms with Crippen molar-refractivity contribution in [3.63, 3.8) is 0 Å². The lowest BCUT2D eigenvalue weighted by Crippen LogP contribution is -1.85. The second kappa shape index (κ2) is 4.24. The number of aromatic nitrogens is 2. The van der Waals surface area contributed by atoms with Gasteiger partial charge in [-0.15, -0.1) is 11.8 Å². The van der Waals surface area contributed by atoms with E-state index in [9.17, 15) is 0 Å². The highest BCUT2D eigenvalue weighted by Gasteiger charge is 1.98. The molecule has 2 aromatic rings. The molecule has 0 atom stereocenters. The maximum atomic E-state index is 4.19. The molecule has 0 radical (unpaired) electrons. The molecule has 0 saturated carbocycles. The molecule has 0 amide bonds. The first kappa shape index (κ1) is 9.21. The van der Waals surface area contributed by atoms with Crippen LogP contribution in [-0.4, -0.2) is 16.2 Å². The molecule has 0 fully saturated rings. The molecule has 0 aliphatic rings. The van der Waals surface area contributed by atoms with E-state index in [1.54, 1.807) is 24.2 Å². The van der Waals surface area contributed by atoms with E-state index in [2.05, 4.69) is 28.4 Å². The summed E-state index contributed by atoms with van der Waals surface area (Å²) in [5.41, 5.74) is 1.06. The zero-order valence-electron chi connectivity index (χ0n) is 7.84. The maximum absolute atomic E-state index is 4.19. The highest BCUT2D eigenvalue weighted by Crippen LogP contribution is 2.19. The first-order chi connectivity index (χ1) is 6.90. The van der Waals surface area contributed by atoms with Gasteiger partial charge < -0.3 is 0 Å². The Balaban J connectivity index is 2.34. The SMILES string of the molecule is CSc1ccc(-c2ncccn2)cc1. The highest BCUT2D eigenvalue weighted by molar-refractivity contribution is 7.98. The van der Waals surface area contributed by atoms with Crippen molar-refractivity contribution in [3.05, 3.63) is 42.7 Å². The van der Waals surface area contributed by atoms with Gasteiger partial charge in [0.15, 0.2) is 5.82 Å². The van der Waals surface area contributed by atoms with Crippen molar-refractivity contribution in [1.82, 2.24) is 9.97 Å². The molecule has 1 aromatic carbocycles. The fraction of sp³-hybridized carbons (Fsp3) is 0.0909. The van der Waals surface area contributed by atoms with Crippen molar-refractivity contribution >= 4 is 11.8 Å². The van der Waals surface area contributed by atoms with E-state index < -0.39 is 0 Å². The van der Waals surface area contributed by atoms with Gasteiger partial charge in [-0.2, -0.15) is 0 Å². The van der Waals surface area contributed by atoms with Crippen LogP contribution in [0.15, 0.2) is 47.6 Å². The zero-order valence-corrected chi connectivity index (χ0v) is 8.66. The van der Waals surface area contributed by atoms with Crippen LogP contribution in [0.3, 0.4) is 0 Å². The predicted octanol–water partition coefficient (Wildman–Crippen LogP) is 2.87. The summed E-state index contributed by atoms with van der Waals surface area (Å²) in [6.45, 7) is 0. The minimum Gasteiger partial charge on any atom is -0.237 e. The summed E-state index contributed by atoms with van der Waals surface area (Å²) in [7, 11) is 0. The predicted molar refractivity (Wildman–Crippen MR) is 59.2 cm³/mol. The molecule has 0 spiro atoms.